The molecule has 2 aliphatic heterocycles. The SMILES string of the molecule is Nc1nc(=O)n([C@@H]2O[C@H](C3OC3=O)[C@@H](O)[C@H]2O)cc1F. The molecule has 20 heavy (non-hydrogen) atoms. The van der Waals surface area contributed by atoms with Gasteiger partial charge in [0.05, 0.1) is 6.20 Å². The second kappa shape index (κ2) is 4.23. The summed E-state index contributed by atoms with van der Waals surface area (Å²) >= 11 is 0. The molecule has 0 saturated carbocycles. The van der Waals surface area contributed by atoms with Crippen molar-refractivity contribution in [3.05, 3.63) is 22.5 Å². The zero-order valence-electron chi connectivity index (χ0n) is 9.84. The molecule has 0 radical (unpaired) electrons. The number of hydrogen-bond acceptors (Lipinski definition) is 8. The maximum Gasteiger partial charge on any atom is 0.351 e. The molecule has 3 heterocycles. The van der Waals surface area contributed by atoms with E-state index in [1.54, 1.807) is 0 Å². The van der Waals surface area contributed by atoms with Crippen molar-refractivity contribution in [3.8, 4) is 0 Å². The highest BCUT2D eigenvalue weighted by Gasteiger charge is 2.57. The Kier molecular flexibility index (Phi) is 2.74. The van der Waals surface area contributed by atoms with E-state index in [4.69, 9.17) is 10.5 Å². The lowest BCUT2D eigenvalue weighted by Crippen LogP contribution is -2.36. The molecule has 1 unspecified atom stereocenters. The predicted octanol–water partition coefficient (Wildman–Crippen LogP) is -2.49. The number of aliphatic hydroxyl groups excluding tert-OH is 2. The van der Waals surface area contributed by atoms with Crippen molar-refractivity contribution in [1.82, 2.24) is 9.55 Å². The summed E-state index contributed by atoms with van der Waals surface area (Å²) in [6.45, 7) is 0. The Balaban J connectivity index is 1.93. The molecule has 10 heteroatoms. The minimum Gasteiger partial charge on any atom is -0.445 e. The molecule has 2 saturated heterocycles. The molecule has 1 aromatic heterocycles. The lowest BCUT2D eigenvalue weighted by Gasteiger charge is -2.17. The summed E-state index contributed by atoms with van der Waals surface area (Å²) < 4.78 is 23.8. The van der Waals surface area contributed by atoms with Crippen LogP contribution in [-0.4, -0.2) is 50.1 Å². The molecule has 3 rings (SSSR count). The third-order valence-electron chi connectivity index (χ3n) is 3.20. The smallest absolute Gasteiger partial charge is 0.351 e. The second-order valence-corrected chi connectivity index (χ2v) is 4.49. The fraction of sp³-hybridized carbons (Fsp3) is 0.500. The van der Waals surface area contributed by atoms with Crippen LogP contribution in [0.5, 0.6) is 0 Å². The molecule has 4 N–H and O–H groups in total. The molecule has 108 valence electrons. The van der Waals surface area contributed by atoms with E-state index in [9.17, 15) is 24.2 Å². The number of cyclic esters (lactones) is 1. The van der Waals surface area contributed by atoms with Crippen LogP contribution in [0.2, 0.25) is 0 Å². The van der Waals surface area contributed by atoms with Gasteiger partial charge in [-0.1, -0.05) is 0 Å². The average Bonchev–Trinajstić information content (AvgIpc) is 3.04. The van der Waals surface area contributed by atoms with E-state index in [1.165, 1.54) is 0 Å². The van der Waals surface area contributed by atoms with Crippen molar-refractivity contribution in [2.24, 2.45) is 0 Å². The van der Waals surface area contributed by atoms with Crippen LogP contribution in [0.3, 0.4) is 0 Å². The van der Waals surface area contributed by atoms with Gasteiger partial charge >= 0.3 is 11.7 Å². The zero-order chi connectivity index (χ0) is 14.6. The number of halogens is 1. The van der Waals surface area contributed by atoms with Gasteiger partial charge in [-0.3, -0.25) is 4.57 Å². The van der Waals surface area contributed by atoms with Gasteiger partial charge in [0, 0.05) is 0 Å². The molecule has 0 spiro atoms. The Bertz CT molecular complexity index is 634. The summed E-state index contributed by atoms with van der Waals surface area (Å²) in [6.07, 6.45) is -5.80. The molecule has 1 aromatic rings. The maximum absolute atomic E-state index is 13.3. The summed E-state index contributed by atoms with van der Waals surface area (Å²) in [5.74, 6) is -2.15. The third-order valence-corrected chi connectivity index (χ3v) is 3.20. The summed E-state index contributed by atoms with van der Waals surface area (Å²) in [6, 6.07) is 0. The number of hydrogen-bond donors (Lipinski definition) is 3. The fourth-order valence-corrected chi connectivity index (χ4v) is 2.10. The van der Waals surface area contributed by atoms with Gasteiger partial charge in [-0.05, 0) is 0 Å². The summed E-state index contributed by atoms with van der Waals surface area (Å²) in [4.78, 5) is 25.7. The standard InChI is InChI=1S/C10H10FN3O6/c11-2-1-14(10(18)13-7(2)12)8-4(16)3(15)5(19-8)6-9(17)20-6/h1,3-6,8,15-16H,(H2,12,13,18)/t3-,4+,5-,6?,8+/m0/s1. The molecular weight excluding hydrogens is 277 g/mol. The first-order chi connectivity index (χ1) is 9.40. The van der Waals surface area contributed by atoms with E-state index in [-0.39, 0.29) is 0 Å². The summed E-state index contributed by atoms with van der Waals surface area (Å²) in [5, 5.41) is 19.6. The number of ether oxygens (including phenoxy) is 2. The van der Waals surface area contributed by atoms with Crippen molar-refractivity contribution in [2.75, 3.05) is 5.73 Å². The van der Waals surface area contributed by atoms with E-state index in [1.807, 2.05) is 0 Å². The first kappa shape index (κ1) is 13.0. The number of carbonyl (C=O) groups is 1. The predicted molar refractivity (Wildman–Crippen MR) is 58.7 cm³/mol. The normalized spacial score (nSPS) is 36.0. The van der Waals surface area contributed by atoms with Crippen molar-refractivity contribution in [3.63, 3.8) is 0 Å². The van der Waals surface area contributed by atoms with Crippen LogP contribution in [-0.2, 0) is 14.3 Å². The van der Waals surface area contributed by atoms with Gasteiger partial charge in [-0.15, -0.1) is 0 Å². The third kappa shape index (κ3) is 1.85. The Hall–Kier alpha value is -2.04. The number of nitrogens with zero attached hydrogens (tertiary/aromatic N) is 2. The van der Waals surface area contributed by atoms with E-state index in [2.05, 4.69) is 9.72 Å². The Labute approximate surface area is 110 Å². The number of epoxide rings is 1. The number of rotatable bonds is 2. The molecule has 0 aromatic carbocycles. The topological polar surface area (TPSA) is 140 Å². The number of carbonyl (C=O) groups excluding carboxylic acids is 1. The van der Waals surface area contributed by atoms with Crippen molar-refractivity contribution < 1.29 is 28.9 Å². The van der Waals surface area contributed by atoms with Gasteiger partial charge in [-0.25, -0.2) is 14.0 Å². The zero-order valence-corrected chi connectivity index (χ0v) is 9.84. The Morgan fingerprint density at radius 1 is 1.35 bits per heavy atom. The monoisotopic (exact) mass is 287 g/mol. The summed E-state index contributed by atoms with van der Waals surface area (Å²) in [7, 11) is 0. The average molecular weight is 287 g/mol. The lowest BCUT2D eigenvalue weighted by molar-refractivity contribution is -0.117. The number of nitrogen functional groups attached to an aromatic ring is 1. The fourth-order valence-electron chi connectivity index (χ4n) is 2.10. The molecular formula is C10H10FN3O6. The molecule has 0 amide bonds. The number of aromatic nitrogens is 2. The van der Waals surface area contributed by atoms with Gasteiger partial charge in [0.25, 0.3) is 0 Å². The molecule has 5 atom stereocenters. The van der Waals surface area contributed by atoms with Crippen LogP contribution in [0.1, 0.15) is 6.23 Å². The molecule has 0 bridgehead atoms. The quantitative estimate of drug-likeness (QED) is 0.507. The number of aliphatic hydroxyl groups is 2. The Morgan fingerprint density at radius 2 is 2.00 bits per heavy atom. The van der Waals surface area contributed by atoms with Crippen LogP contribution in [0.25, 0.3) is 0 Å². The van der Waals surface area contributed by atoms with Crippen LogP contribution < -0.4 is 11.4 Å². The van der Waals surface area contributed by atoms with E-state index >= 15 is 0 Å². The van der Waals surface area contributed by atoms with Gasteiger partial charge < -0.3 is 25.4 Å². The maximum atomic E-state index is 13.3. The Morgan fingerprint density at radius 3 is 2.60 bits per heavy atom. The van der Waals surface area contributed by atoms with E-state index < -0.39 is 53.9 Å². The van der Waals surface area contributed by atoms with Crippen molar-refractivity contribution in [2.45, 2.75) is 30.6 Å². The molecule has 9 nitrogen and oxygen atoms in total. The first-order valence-corrected chi connectivity index (χ1v) is 5.66. The number of anilines is 1. The van der Waals surface area contributed by atoms with Crippen molar-refractivity contribution >= 4 is 11.8 Å². The minimum absolute atomic E-state index is 0.587. The number of nitrogens with two attached hydrogens (primary N) is 1. The lowest BCUT2D eigenvalue weighted by atomic mass is 10.1. The largest absolute Gasteiger partial charge is 0.445 e. The van der Waals surface area contributed by atoms with E-state index in [0.29, 0.717) is 10.8 Å². The second-order valence-electron chi connectivity index (χ2n) is 4.49. The van der Waals surface area contributed by atoms with Crippen molar-refractivity contribution in [1.29, 1.82) is 0 Å². The first-order valence-electron chi connectivity index (χ1n) is 5.66. The molecule has 2 aliphatic rings. The van der Waals surface area contributed by atoms with Crippen LogP contribution in [0.15, 0.2) is 11.0 Å². The van der Waals surface area contributed by atoms with Gasteiger partial charge in [-0.2, -0.15) is 4.98 Å². The van der Waals surface area contributed by atoms with Gasteiger partial charge in [0.15, 0.2) is 17.9 Å². The van der Waals surface area contributed by atoms with Crippen LogP contribution in [0, 0.1) is 5.82 Å². The van der Waals surface area contributed by atoms with E-state index in [0.717, 1.165) is 0 Å². The highest BCUT2D eigenvalue weighted by atomic mass is 19.1. The summed E-state index contributed by atoms with van der Waals surface area (Å²) in [5.41, 5.74) is 4.18. The molecule has 2 fully saturated rings. The minimum atomic E-state index is -1.54. The highest BCUT2D eigenvalue weighted by Crippen LogP contribution is 2.35. The molecule has 0 aliphatic carbocycles. The highest BCUT2D eigenvalue weighted by molar-refractivity contribution is 5.88. The van der Waals surface area contributed by atoms with Crippen LogP contribution >= 0.6 is 0 Å². The van der Waals surface area contributed by atoms with Crippen LogP contribution in [0.4, 0.5) is 10.2 Å². The van der Waals surface area contributed by atoms with Gasteiger partial charge in [0.1, 0.15) is 18.3 Å². The van der Waals surface area contributed by atoms with Gasteiger partial charge in [0.2, 0.25) is 6.10 Å².